The number of fused-ring (bicyclic) bond motifs is 1. The first-order chi connectivity index (χ1) is 17.0. The second-order valence-corrected chi connectivity index (χ2v) is 7.81. The van der Waals surface area contributed by atoms with Gasteiger partial charge in [-0.2, -0.15) is 13.2 Å². The minimum Gasteiger partial charge on any atom is -0.324 e. The normalized spacial score (nSPS) is 11.9. The first-order valence-electron chi connectivity index (χ1n) is 10.3. The highest BCUT2D eigenvalue weighted by atomic mass is 19.4. The maximum absolute atomic E-state index is 14.8. The number of aromatic nitrogens is 3. The van der Waals surface area contributed by atoms with E-state index in [9.17, 15) is 35.5 Å². The molecule has 3 aromatic carbocycles. The number of alkyl halides is 3. The van der Waals surface area contributed by atoms with Crippen molar-refractivity contribution in [2.24, 2.45) is 0 Å². The molecular weight excluding hydrogens is 491 g/mol. The maximum atomic E-state index is 14.8. The van der Waals surface area contributed by atoms with Gasteiger partial charge in [-0.25, -0.2) is 26.9 Å². The molecule has 0 bridgehead atoms. The molecule has 0 saturated heterocycles. The van der Waals surface area contributed by atoms with Gasteiger partial charge in [0.1, 0.15) is 23.3 Å². The molecular formula is C25H12F7N3O. The maximum Gasteiger partial charge on any atom is 0.416 e. The van der Waals surface area contributed by atoms with Crippen LogP contribution in [0.5, 0.6) is 0 Å². The third-order valence-corrected chi connectivity index (χ3v) is 5.51. The summed E-state index contributed by atoms with van der Waals surface area (Å²) in [7, 11) is 0. The first-order valence-corrected chi connectivity index (χ1v) is 10.3. The minimum atomic E-state index is -4.60. The van der Waals surface area contributed by atoms with Crippen LogP contribution in [0, 0.1) is 23.3 Å². The number of H-pyrrole nitrogens is 1. The van der Waals surface area contributed by atoms with E-state index in [1.165, 1.54) is 0 Å². The average molecular weight is 503 g/mol. The van der Waals surface area contributed by atoms with Crippen LogP contribution in [0.4, 0.5) is 30.7 Å². The summed E-state index contributed by atoms with van der Waals surface area (Å²) in [5.41, 5.74) is -2.34. The number of aromatic amines is 1. The predicted octanol–water partition coefficient (Wildman–Crippen LogP) is 6.60. The number of hydrogen-bond acceptors (Lipinski definition) is 2. The molecule has 5 aromatic rings. The number of halogens is 7. The zero-order valence-electron chi connectivity index (χ0n) is 17.8. The Morgan fingerprint density at radius 3 is 1.89 bits per heavy atom. The number of imidazole rings is 1. The Bertz CT molecular complexity index is 1690. The molecule has 2 heterocycles. The van der Waals surface area contributed by atoms with E-state index in [2.05, 4.69) is 9.97 Å². The fourth-order valence-electron chi connectivity index (χ4n) is 3.86. The Hall–Kier alpha value is -4.41. The minimum absolute atomic E-state index is 0.0694. The molecule has 2 aromatic heterocycles. The lowest BCUT2D eigenvalue weighted by Crippen LogP contribution is -2.15. The lowest BCUT2D eigenvalue weighted by molar-refractivity contribution is -0.137. The molecule has 1 N–H and O–H groups in total. The molecule has 0 spiro atoms. The number of nitrogens with zero attached hydrogens (tertiary/aromatic N) is 2. The standard InChI is InChI=1S/C25H12F7N3O/c26-14-5-7-16(18(28)9-14)20-11-21(36)35-23(17-8-6-15(27)10-19(17)29)22(34-24(35)33-20)12-1-3-13(4-2-12)25(30,31)32/h1-11H,(H,33,34). The molecule has 0 aliphatic carbocycles. The summed E-state index contributed by atoms with van der Waals surface area (Å²) in [5, 5.41) is 0. The second-order valence-electron chi connectivity index (χ2n) is 7.81. The van der Waals surface area contributed by atoms with Gasteiger partial charge in [-0.15, -0.1) is 0 Å². The SMILES string of the molecule is O=c1cc(-c2ccc(F)cc2F)[nH]c2nc(-c3ccc(C(F)(F)F)cc3)c(-c3ccc(F)cc3F)n12. The Kier molecular flexibility index (Phi) is 5.42. The molecule has 0 aliphatic rings. The smallest absolute Gasteiger partial charge is 0.324 e. The molecule has 182 valence electrons. The van der Waals surface area contributed by atoms with Gasteiger partial charge in [-0.1, -0.05) is 12.1 Å². The molecule has 0 aliphatic heterocycles. The number of rotatable bonds is 3. The molecule has 5 rings (SSSR count). The molecule has 11 heteroatoms. The Morgan fingerprint density at radius 2 is 1.33 bits per heavy atom. The summed E-state index contributed by atoms with van der Waals surface area (Å²) in [5.74, 6) is -3.93. The van der Waals surface area contributed by atoms with Crippen LogP contribution in [0.3, 0.4) is 0 Å². The van der Waals surface area contributed by atoms with Crippen LogP contribution in [-0.2, 0) is 6.18 Å². The average Bonchev–Trinajstić information content (AvgIpc) is 3.18. The summed E-state index contributed by atoms with van der Waals surface area (Å²) < 4.78 is 96.1. The number of benzene rings is 3. The van der Waals surface area contributed by atoms with Crippen LogP contribution in [0.25, 0.3) is 39.5 Å². The van der Waals surface area contributed by atoms with Gasteiger partial charge in [-0.3, -0.25) is 4.79 Å². The number of hydrogen-bond donors (Lipinski definition) is 1. The molecule has 36 heavy (non-hydrogen) atoms. The van der Waals surface area contributed by atoms with Gasteiger partial charge in [0.05, 0.1) is 22.6 Å². The molecule has 0 amide bonds. The summed E-state index contributed by atoms with van der Waals surface area (Å²) in [6, 6.07) is 10.1. The molecule has 0 saturated carbocycles. The van der Waals surface area contributed by atoms with E-state index >= 15 is 0 Å². The van der Waals surface area contributed by atoms with Gasteiger partial charge < -0.3 is 4.98 Å². The van der Waals surface area contributed by atoms with Crippen LogP contribution in [0.15, 0.2) is 71.5 Å². The molecule has 0 atom stereocenters. The highest BCUT2D eigenvalue weighted by Gasteiger charge is 2.30. The van der Waals surface area contributed by atoms with Gasteiger partial charge >= 0.3 is 6.18 Å². The highest BCUT2D eigenvalue weighted by molar-refractivity contribution is 5.82. The van der Waals surface area contributed by atoms with Crippen LogP contribution in [0.1, 0.15) is 5.56 Å². The van der Waals surface area contributed by atoms with Gasteiger partial charge in [0.15, 0.2) is 0 Å². The van der Waals surface area contributed by atoms with E-state index < -0.39 is 40.6 Å². The van der Waals surface area contributed by atoms with Gasteiger partial charge in [0.2, 0.25) is 5.78 Å². The third kappa shape index (κ3) is 4.02. The third-order valence-electron chi connectivity index (χ3n) is 5.51. The second kappa shape index (κ2) is 8.36. The quantitative estimate of drug-likeness (QED) is 0.282. The van der Waals surface area contributed by atoms with Crippen molar-refractivity contribution in [2.75, 3.05) is 0 Å². The Morgan fingerprint density at radius 1 is 0.750 bits per heavy atom. The zero-order chi connectivity index (χ0) is 25.8. The van der Waals surface area contributed by atoms with Gasteiger partial charge in [0.25, 0.3) is 5.56 Å². The van der Waals surface area contributed by atoms with E-state index in [1.807, 2.05) is 0 Å². The van der Waals surface area contributed by atoms with Crippen LogP contribution >= 0.6 is 0 Å². The fraction of sp³-hybridized carbons (Fsp3) is 0.0400. The summed E-state index contributed by atoms with van der Waals surface area (Å²) in [4.78, 5) is 20.1. The monoisotopic (exact) mass is 503 g/mol. The summed E-state index contributed by atoms with van der Waals surface area (Å²) in [6.45, 7) is 0. The van der Waals surface area contributed by atoms with Gasteiger partial charge in [0, 0.05) is 34.9 Å². The van der Waals surface area contributed by atoms with E-state index in [0.29, 0.717) is 12.1 Å². The van der Waals surface area contributed by atoms with Crippen LogP contribution in [0.2, 0.25) is 0 Å². The molecule has 0 fully saturated rings. The topological polar surface area (TPSA) is 50.2 Å². The summed E-state index contributed by atoms with van der Waals surface area (Å²) >= 11 is 0. The van der Waals surface area contributed by atoms with Crippen molar-refractivity contribution in [1.29, 1.82) is 0 Å². The van der Waals surface area contributed by atoms with Crippen molar-refractivity contribution >= 4 is 5.78 Å². The van der Waals surface area contributed by atoms with E-state index in [-0.39, 0.29) is 39.5 Å². The number of nitrogens with one attached hydrogen (secondary N) is 1. The largest absolute Gasteiger partial charge is 0.416 e. The van der Waals surface area contributed by atoms with Crippen molar-refractivity contribution in [3.63, 3.8) is 0 Å². The van der Waals surface area contributed by atoms with Crippen molar-refractivity contribution in [1.82, 2.24) is 14.4 Å². The molecule has 4 nitrogen and oxygen atoms in total. The summed E-state index contributed by atoms with van der Waals surface area (Å²) in [6.07, 6.45) is -4.60. The Balaban J connectivity index is 1.80. The first kappa shape index (κ1) is 23.3. The van der Waals surface area contributed by atoms with E-state index in [4.69, 9.17) is 0 Å². The Labute approximate surface area is 197 Å². The van der Waals surface area contributed by atoms with E-state index in [0.717, 1.165) is 59.0 Å². The van der Waals surface area contributed by atoms with Crippen LogP contribution < -0.4 is 5.56 Å². The van der Waals surface area contributed by atoms with Crippen LogP contribution in [-0.4, -0.2) is 14.4 Å². The molecule has 0 unspecified atom stereocenters. The van der Waals surface area contributed by atoms with Crippen molar-refractivity contribution in [3.05, 3.63) is 106 Å². The van der Waals surface area contributed by atoms with Crippen molar-refractivity contribution < 1.29 is 30.7 Å². The lowest BCUT2D eigenvalue weighted by Gasteiger charge is -2.09. The van der Waals surface area contributed by atoms with Gasteiger partial charge in [-0.05, 0) is 36.4 Å². The predicted molar refractivity (Wildman–Crippen MR) is 117 cm³/mol. The fourth-order valence-corrected chi connectivity index (χ4v) is 3.86. The van der Waals surface area contributed by atoms with Crippen molar-refractivity contribution in [3.8, 4) is 33.8 Å². The highest BCUT2D eigenvalue weighted by Crippen LogP contribution is 2.36. The lowest BCUT2D eigenvalue weighted by atomic mass is 10.0. The van der Waals surface area contributed by atoms with Crippen molar-refractivity contribution in [2.45, 2.75) is 6.18 Å². The molecule has 0 radical (unpaired) electrons. The van der Waals surface area contributed by atoms with E-state index in [1.54, 1.807) is 0 Å². The zero-order valence-corrected chi connectivity index (χ0v) is 17.8.